The van der Waals surface area contributed by atoms with E-state index in [2.05, 4.69) is 10.1 Å². The van der Waals surface area contributed by atoms with Crippen LogP contribution in [0.1, 0.15) is 49.1 Å². The second-order valence-electron chi connectivity index (χ2n) is 5.35. The number of nitrogens with two attached hydrogens (primary N) is 1. The molecule has 5 nitrogen and oxygen atoms in total. The summed E-state index contributed by atoms with van der Waals surface area (Å²) in [4.78, 5) is 4.48. The van der Waals surface area contributed by atoms with Crippen LogP contribution in [0.4, 0.5) is 0 Å². The predicted molar refractivity (Wildman–Crippen MR) is 81.2 cm³/mol. The summed E-state index contributed by atoms with van der Waals surface area (Å²) in [5, 5.41) is 4.07. The van der Waals surface area contributed by atoms with Crippen LogP contribution in [0.25, 0.3) is 0 Å². The van der Waals surface area contributed by atoms with Gasteiger partial charge in [0.25, 0.3) is 5.89 Å². The van der Waals surface area contributed by atoms with Crippen molar-refractivity contribution in [3.63, 3.8) is 0 Å². The molecule has 21 heavy (non-hydrogen) atoms. The number of hydrogen-bond acceptors (Lipinski definition) is 5. The van der Waals surface area contributed by atoms with Gasteiger partial charge < -0.3 is 15.0 Å². The fourth-order valence-electron chi connectivity index (χ4n) is 2.78. The molecule has 1 aromatic carbocycles. The molecule has 114 valence electrons. The molecule has 6 heteroatoms. The molecule has 3 rings (SSSR count). The van der Waals surface area contributed by atoms with Gasteiger partial charge in [-0.05, 0) is 18.4 Å². The lowest BCUT2D eigenvalue weighted by molar-refractivity contribution is 0.105. The van der Waals surface area contributed by atoms with Gasteiger partial charge >= 0.3 is 0 Å². The number of benzene rings is 1. The topological polar surface area (TPSA) is 74.2 Å². The fraction of sp³-hybridized carbons (Fsp3) is 0.467. The van der Waals surface area contributed by atoms with Crippen molar-refractivity contribution in [2.75, 3.05) is 7.11 Å². The first-order valence-electron chi connectivity index (χ1n) is 6.94. The highest BCUT2D eigenvalue weighted by Gasteiger charge is 2.36. The highest BCUT2D eigenvalue weighted by atomic mass is 35.5. The maximum Gasteiger partial charge on any atom is 0.260 e. The van der Waals surface area contributed by atoms with Gasteiger partial charge in [-0.2, -0.15) is 4.98 Å². The first-order chi connectivity index (χ1) is 9.73. The Bertz CT molecular complexity index is 567. The lowest BCUT2D eigenvalue weighted by Crippen LogP contribution is -2.34. The van der Waals surface area contributed by atoms with E-state index in [1.807, 2.05) is 30.3 Å². The van der Waals surface area contributed by atoms with E-state index in [0.717, 1.165) is 31.2 Å². The van der Waals surface area contributed by atoms with Crippen molar-refractivity contribution in [2.24, 2.45) is 5.73 Å². The van der Waals surface area contributed by atoms with Crippen molar-refractivity contribution in [2.45, 2.75) is 37.3 Å². The fourth-order valence-corrected chi connectivity index (χ4v) is 2.78. The van der Waals surface area contributed by atoms with E-state index in [9.17, 15) is 0 Å². The van der Waals surface area contributed by atoms with Crippen LogP contribution in [0.3, 0.4) is 0 Å². The summed E-state index contributed by atoms with van der Waals surface area (Å²) in [6.07, 6.45) is 3.71. The molecule has 0 radical (unpaired) electrons. The smallest absolute Gasteiger partial charge is 0.260 e. The number of rotatable bonds is 4. The standard InChI is InChI=1S/C15H19N3O2.ClH/c1-19-12(11-7-3-2-4-8-11)13-17-14(18-20-13)15(16)9-5-6-10-15;/h2-4,7-8,12H,5-6,9-10,16H2,1H3;1H. The molecule has 1 heterocycles. The lowest BCUT2D eigenvalue weighted by Gasteiger charge is -2.18. The van der Waals surface area contributed by atoms with Gasteiger partial charge in [-0.3, -0.25) is 0 Å². The van der Waals surface area contributed by atoms with Crippen LogP contribution >= 0.6 is 12.4 Å². The Kier molecular flexibility index (Phi) is 4.98. The Balaban J connectivity index is 0.00000161. The van der Waals surface area contributed by atoms with Gasteiger partial charge in [-0.25, -0.2) is 0 Å². The monoisotopic (exact) mass is 309 g/mol. The van der Waals surface area contributed by atoms with E-state index in [1.54, 1.807) is 7.11 Å². The molecule has 1 aliphatic rings. The van der Waals surface area contributed by atoms with Crippen molar-refractivity contribution in [1.82, 2.24) is 10.1 Å². The highest BCUT2D eigenvalue weighted by molar-refractivity contribution is 5.85. The maximum absolute atomic E-state index is 6.35. The summed E-state index contributed by atoms with van der Waals surface area (Å²) in [7, 11) is 1.63. The van der Waals surface area contributed by atoms with Crippen molar-refractivity contribution >= 4 is 12.4 Å². The molecule has 1 aromatic heterocycles. The summed E-state index contributed by atoms with van der Waals surface area (Å²) in [5.41, 5.74) is 6.90. The molecule has 1 saturated carbocycles. The van der Waals surface area contributed by atoms with Crippen molar-refractivity contribution < 1.29 is 9.26 Å². The molecule has 0 saturated heterocycles. The van der Waals surface area contributed by atoms with Crippen LogP contribution in [0.2, 0.25) is 0 Å². The third-order valence-corrected chi connectivity index (χ3v) is 3.95. The van der Waals surface area contributed by atoms with Crippen molar-refractivity contribution in [3.8, 4) is 0 Å². The van der Waals surface area contributed by atoms with Crippen molar-refractivity contribution in [1.29, 1.82) is 0 Å². The summed E-state index contributed by atoms with van der Waals surface area (Å²) in [5.74, 6) is 1.06. The highest BCUT2D eigenvalue weighted by Crippen LogP contribution is 2.35. The van der Waals surface area contributed by atoms with E-state index in [0.29, 0.717) is 11.7 Å². The van der Waals surface area contributed by atoms with E-state index >= 15 is 0 Å². The molecule has 0 bridgehead atoms. The number of nitrogens with zero attached hydrogens (tertiary/aromatic N) is 2. The first-order valence-corrected chi connectivity index (χ1v) is 6.94. The van der Waals surface area contributed by atoms with Crippen LogP contribution in [0, 0.1) is 0 Å². The predicted octanol–water partition coefficient (Wildman–Crippen LogP) is 2.96. The molecule has 0 aliphatic heterocycles. The normalized spacial score (nSPS) is 18.2. The van der Waals surface area contributed by atoms with Crippen LogP contribution in [-0.4, -0.2) is 17.3 Å². The minimum atomic E-state index is -0.434. The van der Waals surface area contributed by atoms with E-state index in [-0.39, 0.29) is 18.5 Å². The molecular formula is C15H20ClN3O2. The molecule has 1 aliphatic carbocycles. The molecule has 1 fully saturated rings. The summed E-state index contributed by atoms with van der Waals surface area (Å²) in [6, 6.07) is 9.83. The van der Waals surface area contributed by atoms with Gasteiger partial charge in [0.1, 0.15) is 0 Å². The summed E-state index contributed by atoms with van der Waals surface area (Å²) in [6.45, 7) is 0. The number of halogens is 1. The Labute approximate surface area is 130 Å². The van der Waals surface area contributed by atoms with Crippen LogP contribution in [0.5, 0.6) is 0 Å². The largest absolute Gasteiger partial charge is 0.367 e. The van der Waals surface area contributed by atoms with Crippen LogP contribution in [0.15, 0.2) is 34.9 Å². The van der Waals surface area contributed by atoms with Crippen molar-refractivity contribution in [3.05, 3.63) is 47.6 Å². The average molecular weight is 310 g/mol. The minimum absolute atomic E-state index is 0. The zero-order valence-electron chi connectivity index (χ0n) is 12.0. The number of hydrogen-bond donors (Lipinski definition) is 1. The SMILES string of the molecule is COC(c1ccccc1)c1nc(C2(N)CCCC2)no1.Cl. The Morgan fingerprint density at radius 2 is 1.90 bits per heavy atom. The van der Waals surface area contributed by atoms with E-state index < -0.39 is 5.54 Å². The minimum Gasteiger partial charge on any atom is -0.367 e. The molecule has 0 spiro atoms. The zero-order valence-corrected chi connectivity index (χ0v) is 12.8. The summed E-state index contributed by atoms with van der Waals surface area (Å²) < 4.78 is 10.9. The number of methoxy groups -OCH3 is 1. The van der Waals surface area contributed by atoms with E-state index in [1.165, 1.54) is 0 Å². The van der Waals surface area contributed by atoms with Gasteiger partial charge in [-0.15, -0.1) is 12.4 Å². The summed E-state index contributed by atoms with van der Waals surface area (Å²) >= 11 is 0. The molecule has 1 atom stereocenters. The van der Waals surface area contributed by atoms with Gasteiger partial charge in [0.2, 0.25) is 0 Å². The Hall–Kier alpha value is -1.43. The molecule has 2 aromatic rings. The quantitative estimate of drug-likeness (QED) is 0.940. The third-order valence-electron chi connectivity index (χ3n) is 3.95. The van der Waals surface area contributed by atoms with Gasteiger partial charge in [0, 0.05) is 7.11 Å². The molecule has 0 amide bonds. The van der Waals surface area contributed by atoms with Gasteiger partial charge in [-0.1, -0.05) is 48.3 Å². The van der Waals surface area contributed by atoms with Crippen LogP contribution in [-0.2, 0) is 10.3 Å². The molecule has 1 unspecified atom stereocenters. The average Bonchev–Trinajstić information content (AvgIpc) is 3.11. The Morgan fingerprint density at radius 1 is 1.24 bits per heavy atom. The first kappa shape index (κ1) is 15.9. The second-order valence-corrected chi connectivity index (χ2v) is 5.35. The third kappa shape index (κ3) is 3.10. The Morgan fingerprint density at radius 3 is 2.52 bits per heavy atom. The van der Waals surface area contributed by atoms with Gasteiger partial charge in [0.15, 0.2) is 11.9 Å². The lowest BCUT2D eigenvalue weighted by atomic mass is 9.98. The number of aromatic nitrogens is 2. The molecular weight excluding hydrogens is 290 g/mol. The van der Waals surface area contributed by atoms with Gasteiger partial charge in [0.05, 0.1) is 5.54 Å². The van der Waals surface area contributed by atoms with Crippen LogP contribution < -0.4 is 5.73 Å². The van der Waals surface area contributed by atoms with E-state index in [4.69, 9.17) is 15.0 Å². The number of ether oxygens (including phenoxy) is 1. The maximum atomic E-state index is 6.35. The zero-order chi connectivity index (χ0) is 14.0. The second kappa shape index (κ2) is 6.56. The molecule has 2 N–H and O–H groups in total.